The Kier molecular flexibility index (Phi) is 3.70. The molecule has 0 saturated carbocycles. The van der Waals surface area contributed by atoms with E-state index in [-0.39, 0.29) is 0 Å². The van der Waals surface area contributed by atoms with E-state index < -0.39 is 0 Å². The van der Waals surface area contributed by atoms with Crippen LogP contribution in [0.25, 0.3) is 0 Å². The molecule has 0 fully saturated rings. The largest absolute Gasteiger partial charge is 0.0800 e. The van der Waals surface area contributed by atoms with Gasteiger partial charge in [0.2, 0.25) is 0 Å². The molecule has 0 N–H and O–H groups in total. The Labute approximate surface area is 65.3 Å². The highest BCUT2D eigenvalue weighted by molar-refractivity contribution is 5.03. The lowest BCUT2D eigenvalue weighted by Gasteiger charge is -2.18. The first-order chi connectivity index (χ1) is 4.52. The Morgan fingerprint density at radius 1 is 1.30 bits per heavy atom. The lowest BCUT2D eigenvalue weighted by Crippen LogP contribution is -2.05. The van der Waals surface area contributed by atoms with Crippen LogP contribution in [0.3, 0.4) is 0 Å². The van der Waals surface area contributed by atoms with Crippen molar-refractivity contribution in [3.8, 4) is 0 Å². The third-order valence-corrected chi connectivity index (χ3v) is 2.11. The molecule has 0 atom stereocenters. The predicted molar refractivity (Wildman–Crippen MR) is 48.1 cm³/mol. The number of allylic oxidation sites excluding steroid dienone is 2. The fraction of sp³-hybridized carbons (Fsp3) is 0.800. The number of hydrogen-bond acceptors (Lipinski definition) is 0. The van der Waals surface area contributed by atoms with Crippen LogP contribution in [0.1, 0.15) is 47.5 Å². The molecule has 0 aliphatic rings. The lowest BCUT2D eigenvalue weighted by atomic mass is 9.88. The summed E-state index contributed by atoms with van der Waals surface area (Å²) in [5.41, 5.74) is 1.91. The highest BCUT2D eigenvalue weighted by Gasteiger charge is 2.10. The molecule has 0 unspecified atom stereocenters. The summed E-state index contributed by atoms with van der Waals surface area (Å²) >= 11 is 0. The van der Waals surface area contributed by atoms with Crippen LogP contribution in [0.4, 0.5) is 0 Å². The molecular formula is C10H20. The zero-order valence-corrected chi connectivity index (χ0v) is 7.99. The number of hydrogen-bond donors (Lipinski definition) is 0. The highest BCUT2D eigenvalue weighted by atomic mass is 14.2. The van der Waals surface area contributed by atoms with E-state index in [9.17, 15) is 0 Å². The zero-order chi connectivity index (χ0) is 8.20. The average molecular weight is 140 g/mol. The van der Waals surface area contributed by atoms with Crippen molar-refractivity contribution in [1.82, 2.24) is 0 Å². The summed E-state index contributed by atoms with van der Waals surface area (Å²) in [6.45, 7) is 11.2. The molecule has 10 heavy (non-hydrogen) atoms. The molecule has 0 aromatic rings. The summed E-state index contributed by atoms with van der Waals surface area (Å²) in [4.78, 5) is 0. The first kappa shape index (κ1) is 9.74. The van der Waals surface area contributed by atoms with E-state index in [4.69, 9.17) is 0 Å². The molecule has 0 bridgehead atoms. The predicted octanol–water partition coefficient (Wildman–Crippen LogP) is 3.78. The van der Waals surface area contributed by atoms with E-state index in [0.717, 1.165) is 0 Å². The Bertz CT molecular complexity index is 118. The second-order valence-electron chi connectivity index (χ2n) is 3.69. The SMILES string of the molecule is CCC(C)=CC(C)(C)CC. The van der Waals surface area contributed by atoms with Crippen LogP contribution in [0.5, 0.6) is 0 Å². The quantitative estimate of drug-likeness (QED) is 0.523. The summed E-state index contributed by atoms with van der Waals surface area (Å²) in [5.74, 6) is 0. The topological polar surface area (TPSA) is 0 Å². The molecule has 60 valence electrons. The third kappa shape index (κ3) is 3.71. The minimum atomic E-state index is 0.403. The van der Waals surface area contributed by atoms with Crippen LogP contribution < -0.4 is 0 Å². The fourth-order valence-corrected chi connectivity index (χ4v) is 0.871. The van der Waals surface area contributed by atoms with Crippen LogP contribution in [0.15, 0.2) is 11.6 Å². The van der Waals surface area contributed by atoms with Gasteiger partial charge in [-0.2, -0.15) is 0 Å². The standard InChI is InChI=1S/C10H20/c1-6-9(3)8-10(4,5)7-2/h8H,6-7H2,1-5H3. The van der Waals surface area contributed by atoms with Gasteiger partial charge >= 0.3 is 0 Å². The van der Waals surface area contributed by atoms with E-state index in [2.05, 4.69) is 40.7 Å². The summed E-state index contributed by atoms with van der Waals surface area (Å²) in [6, 6.07) is 0. The van der Waals surface area contributed by atoms with Gasteiger partial charge in [-0.25, -0.2) is 0 Å². The van der Waals surface area contributed by atoms with E-state index in [1.807, 2.05) is 0 Å². The van der Waals surface area contributed by atoms with Gasteiger partial charge in [0.25, 0.3) is 0 Å². The Balaban J connectivity index is 4.09. The second-order valence-corrected chi connectivity index (χ2v) is 3.69. The smallest absolute Gasteiger partial charge is 0.0175 e. The van der Waals surface area contributed by atoms with Crippen molar-refractivity contribution in [3.05, 3.63) is 11.6 Å². The molecule has 0 radical (unpaired) electrons. The molecule has 0 aromatic heterocycles. The van der Waals surface area contributed by atoms with Gasteiger partial charge in [0.15, 0.2) is 0 Å². The molecule has 0 nitrogen and oxygen atoms in total. The van der Waals surface area contributed by atoms with Crippen molar-refractivity contribution in [2.75, 3.05) is 0 Å². The van der Waals surface area contributed by atoms with Crippen molar-refractivity contribution in [2.24, 2.45) is 5.41 Å². The van der Waals surface area contributed by atoms with Crippen LogP contribution in [0.2, 0.25) is 0 Å². The van der Waals surface area contributed by atoms with Crippen molar-refractivity contribution in [3.63, 3.8) is 0 Å². The van der Waals surface area contributed by atoms with Gasteiger partial charge in [0.05, 0.1) is 0 Å². The van der Waals surface area contributed by atoms with Crippen molar-refractivity contribution >= 4 is 0 Å². The average Bonchev–Trinajstić information content (AvgIpc) is 1.87. The Morgan fingerprint density at radius 3 is 2.10 bits per heavy atom. The highest BCUT2D eigenvalue weighted by Crippen LogP contribution is 2.23. The Morgan fingerprint density at radius 2 is 1.80 bits per heavy atom. The number of rotatable bonds is 3. The molecule has 0 heterocycles. The maximum atomic E-state index is 2.38. The molecule has 0 spiro atoms. The molecule has 0 aromatic carbocycles. The first-order valence-corrected chi connectivity index (χ1v) is 4.20. The lowest BCUT2D eigenvalue weighted by molar-refractivity contribution is 0.458. The van der Waals surface area contributed by atoms with Gasteiger partial charge in [-0.05, 0) is 25.2 Å². The summed E-state index contributed by atoms with van der Waals surface area (Å²) in [6.07, 6.45) is 4.79. The fourth-order valence-electron chi connectivity index (χ4n) is 0.871. The van der Waals surface area contributed by atoms with E-state index >= 15 is 0 Å². The van der Waals surface area contributed by atoms with E-state index in [1.54, 1.807) is 0 Å². The summed E-state index contributed by atoms with van der Waals surface area (Å²) in [7, 11) is 0. The monoisotopic (exact) mass is 140 g/mol. The van der Waals surface area contributed by atoms with Crippen LogP contribution in [0, 0.1) is 5.41 Å². The van der Waals surface area contributed by atoms with Gasteiger partial charge in [-0.3, -0.25) is 0 Å². The maximum Gasteiger partial charge on any atom is -0.0175 e. The molecule has 0 rings (SSSR count). The third-order valence-electron chi connectivity index (χ3n) is 2.11. The van der Waals surface area contributed by atoms with Crippen molar-refractivity contribution in [1.29, 1.82) is 0 Å². The molecule has 0 aliphatic heterocycles. The normalized spacial score (nSPS) is 13.9. The van der Waals surface area contributed by atoms with Gasteiger partial charge in [0.1, 0.15) is 0 Å². The first-order valence-electron chi connectivity index (χ1n) is 4.20. The minimum absolute atomic E-state index is 0.403. The zero-order valence-electron chi connectivity index (χ0n) is 7.99. The molecule has 0 aliphatic carbocycles. The van der Waals surface area contributed by atoms with E-state index in [0.29, 0.717) is 5.41 Å². The molecule has 0 saturated heterocycles. The van der Waals surface area contributed by atoms with Crippen LogP contribution in [-0.2, 0) is 0 Å². The van der Waals surface area contributed by atoms with Crippen LogP contribution >= 0.6 is 0 Å². The van der Waals surface area contributed by atoms with Gasteiger partial charge < -0.3 is 0 Å². The van der Waals surface area contributed by atoms with E-state index in [1.165, 1.54) is 18.4 Å². The van der Waals surface area contributed by atoms with Gasteiger partial charge in [0, 0.05) is 0 Å². The Hall–Kier alpha value is -0.260. The van der Waals surface area contributed by atoms with Crippen molar-refractivity contribution in [2.45, 2.75) is 47.5 Å². The van der Waals surface area contributed by atoms with Crippen molar-refractivity contribution < 1.29 is 0 Å². The molecule has 0 amide bonds. The van der Waals surface area contributed by atoms with Crippen LogP contribution in [-0.4, -0.2) is 0 Å². The van der Waals surface area contributed by atoms with Gasteiger partial charge in [-0.15, -0.1) is 0 Å². The second kappa shape index (κ2) is 3.80. The van der Waals surface area contributed by atoms with Gasteiger partial charge in [-0.1, -0.05) is 39.3 Å². The molecular weight excluding hydrogens is 120 g/mol. The minimum Gasteiger partial charge on any atom is -0.0800 e. The molecule has 0 heteroatoms. The maximum absolute atomic E-state index is 2.38. The summed E-state index contributed by atoms with van der Waals surface area (Å²) in [5, 5.41) is 0. The summed E-state index contributed by atoms with van der Waals surface area (Å²) < 4.78 is 0.